The Hall–Kier alpha value is -1.05. The maximum atomic E-state index is 11.5. The molecule has 0 heterocycles. The van der Waals surface area contributed by atoms with Crippen molar-refractivity contribution in [3.63, 3.8) is 0 Å². The van der Waals surface area contributed by atoms with Gasteiger partial charge in [0.25, 0.3) is 0 Å². The van der Waals surface area contributed by atoms with E-state index in [1.165, 1.54) is 25.3 Å². The predicted octanol–water partition coefficient (Wildman–Crippen LogP) is 4.27. The number of rotatable bonds is 2. The monoisotopic (exact) mass is 262 g/mol. The standard InChI is InChI=1S/C17H26O2/c1-11(2)14-8-10-17(5)9-6-7-12(3)15(17)16(14)19-13(4)18/h7,14-16H,1,6,8-10H2,2-5H3/t14-,15+,16-,17+/m0/s1. The Morgan fingerprint density at radius 2 is 2.11 bits per heavy atom. The third kappa shape index (κ3) is 2.63. The largest absolute Gasteiger partial charge is 0.461 e. The highest BCUT2D eigenvalue weighted by Crippen LogP contribution is 2.54. The van der Waals surface area contributed by atoms with Crippen molar-refractivity contribution in [2.24, 2.45) is 17.3 Å². The van der Waals surface area contributed by atoms with Gasteiger partial charge in [0.2, 0.25) is 0 Å². The smallest absolute Gasteiger partial charge is 0.302 e. The summed E-state index contributed by atoms with van der Waals surface area (Å²) in [4.78, 5) is 11.5. The summed E-state index contributed by atoms with van der Waals surface area (Å²) in [6.07, 6.45) is 6.96. The summed E-state index contributed by atoms with van der Waals surface area (Å²) >= 11 is 0. The summed E-state index contributed by atoms with van der Waals surface area (Å²) in [6, 6.07) is 0. The van der Waals surface area contributed by atoms with Crippen LogP contribution in [0.5, 0.6) is 0 Å². The zero-order chi connectivity index (χ0) is 14.2. The second-order valence-corrected chi connectivity index (χ2v) is 6.68. The first-order valence-electron chi connectivity index (χ1n) is 7.34. The van der Waals surface area contributed by atoms with Gasteiger partial charge in [-0.1, -0.05) is 30.7 Å². The molecule has 2 rings (SSSR count). The van der Waals surface area contributed by atoms with Crippen LogP contribution < -0.4 is 0 Å². The van der Waals surface area contributed by atoms with E-state index in [2.05, 4.69) is 33.4 Å². The maximum absolute atomic E-state index is 11.5. The van der Waals surface area contributed by atoms with Gasteiger partial charge in [-0.3, -0.25) is 4.79 Å². The molecule has 2 nitrogen and oxygen atoms in total. The van der Waals surface area contributed by atoms with Crippen molar-refractivity contribution in [1.82, 2.24) is 0 Å². The second-order valence-electron chi connectivity index (χ2n) is 6.68. The first-order valence-corrected chi connectivity index (χ1v) is 7.34. The molecule has 0 amide bonds. The zero-order valence-electron chi connectivity index (χ0n) is 12.7. The van der Waals surface area contributed by atoms with Gasteiger partial charge in [0.15, 0.2) is 0 Å². The Bertz CT molecular complexity index is 421. The van der Waals surface area contributed by atoms with Crippen LogP contribution in [0, 0.1) is 17.3 Å². The molecule has 0 aliphatic heterocycles. The molecule has 0 aromatic carbocycles. The van der Waals surface area contributed by atoms with Gasteiger partial charge in [-0.05, 0) is 44.9 Å². The topological polar surface area (TPSA) is 26.3 Å². The normalized spacial score (nSPS) is 38.1. The van der Waals surface area contributed by atoms with Crippen molar-refractivity contribution in [3.05, 3.63) is 23.8 Å². The molecule has 0 radical (unpaired) electrons. The van der Waals surface area contributed by atoms with E-state index in [1.54, 1.807) is 0 Å². The van der Waals surface area contributed by atoms with Crippen LogP contribution in [-0.4, -0.2) is 12.1 Å². The Morgan fingerprint density at radius 3 is 2.68 bits per heavy atom. The molecule has 0 aromatic rings. The minimum atomic E-state index is -0.168. The summed E-state index contributed by atoms with van der Waals surface area (Å²) in [6.45, 7) is 12.2. The number of carbonyl (C=O) groups excluding carboxylic acids is 1. The van der Waals surface area contributed by atoms with Gasteiger partial charge in [0, 0.05) is 18.8 Å². The molecular weight excluding hydrogens is 236 g/mol. The van der Waals surface area contributed by atoms with Gasteiger partial charge in [-0.15, -0.1) is 0 Å². The average Bonchev–Trinajstić information content (AvgIpc) is 2.27. The molecule has 2 heteroatoms. The summed E-state index contributed by atoms with van der Waals surface area (Å²) < 4.78 is 5.73. The SMILES string of the molecule is C=C(C)[C@@H]1CC[C@@]2(C)CCC=C(C)[C@@H]2[C@H]1OC(C)=O. The molecule has 4 atom stereocenters. The van der Waals surface area contributed by atoms with Gasteiger partial charge >= 0.3 is 5.97 Å². The fourth-order valence-corrected chi connectivity index (χ4v) is 4.15. The van der Waals surface area contributed by atoms with Crippen LogP contribution in [0.3, 0.4) is 0 Å². The fourth-order valence-electron chi connectivity index (χ4n) is 4.15. The van der Waals surface area contributed by atoms with Crippen LogP contribution in [0.2, 0.25) is 0 Å². The van der Waals surface area contributed by atoms with Gasteiger partial charge < -0.3 is 4.74 Å². The number of hydrogen-bond acceptors (Lipinski definition) is 2. The lowest BCUT2D eigenvalue weighted by molar-refractivity contribution is -0.158. The zero-order valence-corrected chi connectivity index (χ0v) is 12.7. The molecule has 19 heavy (non-hydrogen) atoms. The quantitative estimate of drug-likeness (QED) is 0.549. The molecule has 0 aromatic heterocycles. The fraction of sp³-hybridized carbons (Fsp3) is 0.706. The van der Waals surface area contributed by atoms with Crippen LogP contribution in [0.4, 0.5) is 0 Å². The van der Waals surface area contributed by atoms with E-state index in [-0.39, 0.29) is 17.5 Å². The predicted molar refractivity (Wildman–Crippen MR) is 77.7 cm³/mol. The Labute approximate surface area is 116 Å². The lowest BCUT2D eigenvalue weighted by Crippen LogP contribution is -2.49. The molecule has 1 fully saturated rings. The molecule has 0 bridgehead atoms. The lowest BCUT2D eigenvalue weighted by Gasteiger charge is -2.51. The van der Waals surface area contributed by atoms with Gasteiger partial charge in [0.05, 0.1) is 0 Å². The summed E-state index contributed by atoms with van der Waals surface area (Å²) in [5, 5.41) is 0. The number of fused-ring (bicyclic) bond motifs is 1. The van der Waals surface area contributed by atoms with Crippen molar-refractivity contribution in [1.29, 1.82) is 0 Å². The van der Waals surface area contributed by atoms with Gasteiger partial charge in [-0.25, -0.2) is 0 Å². The first kappa shape index (κ1) is 14.4. The van der Waals surface area contributed by atoms with E-state index >= 15 is 0 Å². The Kier molecular flexibility index (Phi) is 3.89. The molecule has 0 saturated heterocycles. The van der Waals surface area contributed by atoms with E-state index in [1.807, 2.05) is 0 Å². The van der Waals surface area contributed by atoms with Crippen LogP contribution in [-0.2, 0) is 9.53 Å². The number of ether oxygens (including phenoxy) is 1. The highest BCUT2D eigenvalue weighted by atomic mass is 16.5. The number of hydrogen-bond donors (Lipinski definition) is 0. The summed E-state index contributed by atoms with van der Waals surface area (Å²) in [7, 11) is 0. The third-order valence-electron chi connectivity index (χ3n) is 5.11. The van der Waals surface area contributed by atoms with Crippen LogP contribution in [0.1, 0.15) is 53.4 Å². The minimum Gasteiger partial charge on any atom is -0.461 e. The first-order chi connectivity index (χ1) is 8.85. The summed E-state index contributed by atoms with van der Waals surface area (Å²) in [5.74, 6) is 0.503. The molecule has 0 N–H and O–H groups in total. The molecule has 1 saturated carbocycles. The van der Waals surface area contributed by atoms with Crippen molar-refractivity contribution in [2.75, 3.05) is 0 Å². The van der Waals surface area contributed by atoms with Crippen LogP contribution in [0.25, 0.3) is 0 Å². The molecule has 106 valence electrons. The van der Waals surface area contributed by atoms with Crippen molar-refractivity contribution < 1.29 is 9.53 Å². The van der Waals surface area contributed by atoms with Gasteiger partial charge in [0.1, 0.15) is 6.10 Å². The van der Waals surface area contributed by atoms with E-state index in [0.717, 1.165) is 18.4 Å². The van der Waals surface area contributed by atoms with Gasteiger partial charge in [-0.2, -0.15) is 0 Å². The third-order valence-corrected chi connectivity index (χ3v) is 5.11. The van der Waals surface area contributed by atoms with E-state index in [9.17, 15) is 4.79 Å². The van der Waals surface area contributed by atoms with E-state index in [0.29, 0.717) is 11.8 Å². The highest BCUT2D eigenvalue weighted by Gasteiger charge is 2.49. The highest BCUT2D eigenvalue weighted by molar-refractivity contribution is 5.66. The molecule has 0 unspecified atom stereocenters. The molecule has 2 aliphatic carbocycles. The van der Waals surface area contributed by atoms with Crippen molar-refractivity contribution in [2.45, 2.75) is 59.5 Å². The number of carbonyl (C=O) groups is 1. The Morgan fingerprint density at radius 1 is 1.42 bits per heavy atom. The maximum Gasteiger partial charge on any atom is 0.302 e. The second kappa shape index (κ2) is 5.15. The molecule has 0 spiro atoms. The molecular formula is C17H26O2. The van der Waals surface area contributed by atoms with Crippen molar-refractivity contribution >= 4 is 5.97 Å². The van der Waals surface area contributed by atoms with Crippen LogP contribution >= 0.6 is 0 Å². The van der Waals surface area contributed by atoms with Crippen LogP contribution in [0.15, 0.2) is 23.8 Å². The van der Waals surface area contributed by atoms with E-state index < -0.39 is 0 Å². The lowest BCUT2D eigenvalue weighted by atomic mass is 9.56. The average molecular weight is 262 g/mol. The Balaban J connectivity index is 2.37. The van der Waals surface area contributed by atoms with E-state index in [4.69, 9.17) is 4.74 Å². The summed E-state index contributed by atoms with van der Waals surface area (Å²) in [5.41, 5.74) is 2.82. The number of esters is 1. The number of allylic oxidation sites excluding steroid dienone is 1. The van der Waals surface area contributed by atoms with Crippen molar-refractivity contribution in [3.8, 4) is 0 Å². The minimum absolute atomic E-state index is 0.0229. The molecule has 2 aliphatic rings.